The zero-order valence-corrected chi connectivity index (χ0v) is 8.97. The third-order valence-electron chi connectivity index (χ3n) is 3.31. The first-order valence-corrected chi connectivity index (χ1v) is 5.56. The Morgan fingerprint density at radius 1 is 1.38 bits per heavy atom. The molecule has 2 heteroatoms. The van der Waals surface area contributed by atoms with E-state index in [2.05, 4.69) is 12.2 Å². The lowest BCUT2D eigenvalue weighted by molar-refractivity contribution is 0.0358. The van der Waals surface area contributed by atoms with Crippen molar-refractivity contribution in [2.45, 2.75) is 63.5 Å². The first-order chi connectivity index (χ1) is 6.16. The van der Waals surface area contributed by atoms with Gasteiger partial charge in [0, 0.05) is 6.04 Å². The molecule has 0 saturated heterocycles. The van der Waals surface area contributed by atoms with Gasteiger partial charge in [0.15, 0.2) is 0 Å². The Hall–Kier alpha value is -0.0800. The van der Waals surface area contributed by atoms with Gasteiger partial charge >= 0.3 is 0 Å². The molecule has 0 heterocycles. The number of rotatable bonds is 5. The van der Waals surface area contributed by atoms with Crippen LogP contribution in [0.3, 0.4) is 0 Å². The lowest BCUT2D eigenvalue weighted by atomic mass is 9.94. The normalized spacial score (nSPS) is 23.3. The van der Waals surface area contributed by atoms with E-state index in [-0.39, 0.29) is 5.60 Å². The Balaban J connectivity index is 2.11. The molecule has 2 nitrogen and oxygen atoms in total. The van der Waals surface area contributed by atoms with Gasteiger partial charge in [-0.05, 0) is 46.1 Å². The largest absolute Gasteiger partial charge is 0.390 e. The lowest BCUT2D eigenvalue weighted by Gasteiger charge is -2.22. The Morgan fingerprint density at radius 2 is 2.00 bits per heavy atom. The molecule has 0 radical (unpaired) electrons. The zero-order chi connectivity index (χ0) is 9.73. The smallest absolute Gasteiger partial charge is 0.0647 e. The summed E-state index contributed by atoms with van der Waals surface area (Å²) >= 11 is 0. The molecule has 1 aliphatic rings. The fourth-order valence-electron chi connectivity index (χ4n) is 2.16. The first-order valence-electron chi connectivity index (χ1n) is 5.56. The summed E-state index contributed by atoms with van der Waals surface area (Å²) < 4.78 is 0. The fraction of sp³-hybridized carbons (Fsp3) is 1.00. The molecule has 0 aliphatic heterocycles. The Morgan fingerprint density at radius 3 is 2.54 bits per heavy atom. The highest BCUT2D eigenvalue weighted by Gasteiger charge is 2.30. The Kier molecular flexibility index (Phi) is 4.20. The zero-order valence-electron chi connectivity index (χ0n) is 8.97. The molecule has 1 fully saturated rings. The maximum Gasteiger partial charge on any atom is 0.0647 e. The van der Waals surface area contributed by atoms with Crippen molar-refractivity contribution in [1.29, 1.82) is 0 Å². The number of hydrogen-bond acceptors (Lipinski definition) is 2. The van der Waals surface area contributed by atoms with Crippen LogP contribution < -0.4 is 5.32 Å². The SMILES string of the molecule is CNC(C)CCCC1(O)CCCC1. The maximum atomic E-state index is 10.1. The molecule has 1 saturated carbocycles. The van der Waals surface area contributed by atoms with Crippen molar-refractivity contribution in [2.24, 2.45) is 0 Å². The van der Waals surface area contributed by atoms with Crippen molar-refractivity contribution in [2.75, 3.05) is 7.05 Å². The molecule has 13 heavy (non-hydrogen) atoms. The van der Waals surface area contributed by atoms with Crippen molar-refractivity contribution in [3.05, 3.63) is 0 Å². The van der Waals surface area contributed by atoms with Crippen LogP contribution in [0, 0.1) is 0 Å². The van der Waals surface area contributed by atoms with E-state index < -0.39 is 0 Å². The Bertz CT molecular complexity index is 141. The third kappa shape index (κ3) is 3.65. The van der Waals surface area contributed by atoms with Crippen molar-refractivity contribution in [1.82, 2.24) is 5.32 Å². The van der Waals surface area contributed by atoms with E-state index in [0.29, 0.717) is 6.04 Å². The van der Waals surface area contributed by atoms with Crippen molar-refractivity contribution in [3.8, 4) is 0 Å². The van der Waals surface area contributed by atoms with Crippen LogP contribution in [0.25, 0.3) is 0 Å². The third-order valence-corrected chi connectivity index (χ3v) is 3.31. The van der Waals surface area contributed by atoms with Crippen LogP contribution in [0.15, 0.2) is 0 Å². The predicted molar refractivity (Wildman–Crippen MR) is 55.8 cm³/mol. The molecule has 1 atom stereocenters. The molecule has 0 bridgehead atoms. The number of aliphatic hydroxyl groups is 1. The molecule has 1 aliphatic carbocycles. The van der Waals surface area contributed by atoms with Gasteiger partial charge in [0.25, 0.3) is 0 Å². The van der Waals surface area contributed by atoms with Crippen LogP contribution in [-0.4, -0.2) is 23.8 Å². The van der Waals surface area contributed by atoms with Crippen LogP contribution in [0.2, 0.25) is 0 Å². The van der Waals surface area contributed by atoms with Crippen LogP contribution in [0.4, 0.5) is 0 Å². The Labute approximate surface area is 81.7 Å². The van der Waals surface area contributed by atoms with Gasteiger partial charge in [0.2, 0.25) is 0 Å². The highest BCUT2D eigenvalue weighted by atomic mass is 16.3. The standard InChI is InChI=1S/C11H23NO/c1-10(12-2)6-5-9-11(13)7-3-4-8-11/h10,12-13H,3-9H2,1-2H3. The molecule has 0 spiro atoms. The summed E-state index contributed by atoms with van der Waals surface area (Å²) in [4.78, 5) is 0. The summed E-state index contributed by atoms with van der Waals surface area (Å²) in [5.41, 5.74) is -0.298. The molecule has 0 aromatic heterocycles. The number of nitrogens with one attached hydrogen (secondary N) is 1. The monoisotopic (exact) mass is 185 g/mol. The molecule has 0 aromatic rings. The molecule has 0 aromatic carbocycles. The summed E-state index contributed by atoms with van der Waals surface area (Å²) in [7, 11) is 1.99. The van der Waals surface area contributed by atoms with E-state index >= 15 is 0 Å². The molecule has 0 amide bonds. The second-order valence-electron chi connectivity index (χ2n) is 4.51. The average Bonchev–Trinajstić information content (AvgIpc) is 2.52. The molecular weight excluding hydrogens is 162 g/mol. The van der Waals surface area contributed by atoms with Crippen molar-refractivity contribution in [3.63, 3.8) is 0 Å². The topological polar surface area (TPSA) is 32.3 Å². The molecule has 2 N–H and O–H groups in total. The van der Waals surface area contributed by atoms with Crippen molar-refractivity contribution >= 4 is 0 Å². The molecule has 1 rings (SSSR count). The first kappa shape index (κ1) is 11.0. The van der Waals surface area contributed by atoms with Crippen LogP contribution in [0.1, 0.15) is 51.9 Å². The van der Waals surface area contributed by atoms with Crippen LogP contribution in [0.5, 0.6) is 0 Å². The summed E-state index contributed by atoms with van der Waals surface area (Å²) in [5, 5.41) is 13.3. The molecule has 1 unspecified atom stereocenters. The quantitative estimate of drug-likeness (QED) is 0.687. The second kappa shape index (κ2) is 4.97. The predicted octanol–water partition coefficient (Wildman–Crippen LogP) is 2.07. The van der Waals surface area contributed by atoms with Gasteiger partial charge in [-0.15, -0.1) is 0 Å². The minimum atomic E-state index is -0.298. The number of hydrogen-bond donors (Lipinski definition) is 2. The second-order valence-corrected chi connectivity index (χ2v) is 4.51. The van der Waals surface area contributed by atoms with Gasteiger partial charge in [-0.25, -0.2) is 0 Å². The van der Waals surface area contributed by atoms with Gasteiger partial charge < -0.3 is 10.4 Å². The van der Waals surface area contributed by atoms with E-state index in [9.17, 15) is 5.11 Å². The van der Waals surface area contributed by atoms with Gasteiger partial charge in [-0.2, -0.15) is 0 Å². The minimum absolute atomic E-state index is 0.298. The highest BCUT2D eigenvalue weighted by molar-refractivity contribution is 4.84. The molecular formula is C11H23NO. The van der Waals surface area contributed by atoms with Crippen LogP contribution >= 0.6 is 0 Å². The fourth-order valence-corrected chi connectivity index (χ4v) is 2.16. The maximum absolute atomic E-state index is 10.1. The van der Waals surface area contributed by atoms with E-state index in [1.165, 1.54) is 19.3 Å². The van der Waals surface area contributed by atoms with Crippen LogP contribution in [-0.2, 0) is 0 Å². The van der Waals surface area contributed by atoms with Gasteiger partial charge in [-0.1, -0.05) is 12.8 Å². The van der Waals surface area contributed by atoms with E-state index in [0.717, 1.165) is 25.7 Å². The van der Waals surface area contributed by atoms with Gasteiger partial charge in [0.05, 0.1) is 5.60 Å². The van der Waals surface area contributed by atoms with Crippen molar-refractivity contribution < 1.29 is 5.11 Å². The highest BCUT2D eigenvalue weighted by Crippen LogP contribution is 2.33. The lowest BCUT2D eigenvalue weighted by Crippen LogP contribution is -2.26. The summed E-state index contributed by atoms with van der Waals surface area (Å²) in [6.45, 7) is 2.19. The van der Waals surface area contributed by atoms with E-state index in [4.69, 9.17) is 0 Å². The summed E-state index contributed by atoms with van der Waals surface area (Å²) in [5.74, 6) is 0. The van der Waals surface area contributed by atoms with E-state index in [1.807, 2.05) is 7.05 Å². The minimum Gasteiger partial charge on any atom is -0.390 e. The van der Waals surface area contributed by atoms with E-state index in [1.54, 1.807) is 0 Å². The van der Waals surface area contributed by atoms with Gasteiger partial charge in [-0.3, -0.25) is 0 Å². The molecule has 78 valence electrons. The van der Waals surface area contributed by atoms with Gasteiger partial charge in [0.1, 0.15) is 0 Å². The summed E-state index contributed by atoms with van der Waals surface area (Å²) in [6.07, 6.45) is 7.83. The summed E-state index contributed by atoms with van der Waals surface area (Å²) in [6, 6.07) is 0.588. The average molecular weight is 185 g/mol.